The number of nitrogens with zero attached hydrogens (tertiary/aromatic N) is 2. The van der Waals surface area contributed by atoms with E-state index in [1.807, 2.05) is 36.7 Å². The molecule has 0 fully saturated rings. The zero-order valence-corrected chi connectivity index (χ0v) is 13.0. The molecule has 1 aromatic heterocycles. The van der Waals surface area contributed by atoms with Crippen molar-refractivity contribution in [2.24, 2.45) is 0 Å². The summed E-state index contributed by atoms with van der Waals surface area (Å²) in [5.41, 5.74) is 3.48. The van der Waals surface area contributed by atoms with Gasteiger partial charge in [0.15, 0.2) is 0 Å². The number of aliphatic hydroxyl groups is 1. The smallest absolute Gasteiger partial charge is 0.126 e. The summed E-state index contributed by atoms with van der Waals surface area (Å²) in [6.45, 7) is 5.65. The molecule has 2 aromatic rings. The number of aryl methyl sites for hydroxylation is 1. The molecule has 1 atom stereocenters. The molecule has 0 aliphatic rings. The lowest BCUT2D eigenvalue weighted by molar-refractivity contribution is 0.194. The zero-order chi connectivity index (χ0) is 14.2. The third kappa shape index (κ3) is 2.40. The van der Waals surface area contributed by atoms with Crippen molar-refractivity contribution in [3.63, 3.8) is 0 Å². The average Bonchev–Trinajstić information content (AvgIpc) is 2.65. The predicted octanol–water partition coefficient (Wildman–Crippen LogP) is 3.31. The van der Waals surface area contributed by atoms with Crippen LogP contribution < -0.4 is 4.74 Å². The van der Waals surface area contributed by atoms with E-state index in [4.69, 9.17) is 4.74 Å². The van der Waals surface area contributed by atoms with Gasteiger partial charge in [-0.15, -0.1) is 0 Å². The van der Waals surface area contributed by atoms with Crippen LogP contribution in [0.15, 0.2) is 22.7 Å². The van der Waals surface area contributed by atoms with Crippen LogP contribution in [0.3, 0.4) is 0 Å². The van der Waals surface area contributed by atoms with Gasteiger partial charge in [-0.3, -0.25) is 0 Å². The van der Waals surface area contributed by atoms with E-state index >= 15 is 0 Å². The lowest BCUT2D eigenvalue weighted by atomic mass is 10.1. The fourth-order valence-corrected chi connectivity index (χ4v) is 2.42. The molecule has 1 heterocycles. The molecule has 0 radical (unpaired) electrons. The number of hydrogen-bond acceptors (Lipinski definition) is 3. The molecule has 1 aromatic carbocycles. The Kier molecular flexibility index (Phi) is 3.96. The first kappa shape index (κ1) is 14.1. The van der Waals surface area contributed by atoms with Crippen LogP contribution in [0.2, 0.25) is 0 Å². The fourth-order valence-electron chi connectivity index (χ4n) is 2.17. The summed E-state index contributed by atoms with van der Waals surface area (Å²) >= 11 is 3.52. The van der Waals surface area contributed by atoms with Gasteiger partial charge in [0.05, 0.1) is 34.8 Å². The van der Waals surface area contributed by atoms with Gasteiger partial charge < -0.3 is 9.84 Å². The Morgan fingerprint density at radius 3 is 2.53 bits per heavy atom. The van der Waals surface area contributed by atoms with Crippen LogP contribution in [-0.4, -0.2) is 22.0 Å². The quantitative estimate of drug-likeness (QED) is 0.942. The molecule has 0 amide bonds. The van der Waals surface area contributed by atoms with Gasteiger partial charge in [-0.2, -0.15) is 5.10 Å². The summed E-state index contributed by atoms with van der Waals surface area (Å²) in [5, 5.41) is 14.5. The van der Waals surface area contributed by atoms with E-state index in [-0.39, 0.29) is 0 Å². The van der Waals surface area contributed by atoms with Gasteiger partial charge in [-0.25, -0.2) is 4.68 Å². The van der Waals surface area contributed by atoms with Crippen molar-refractivity contribution in [3.8, 4) is 11.4 Å². The molecule has 0 aliphatic heterocycles. The second kappa shape index (κ2) is 5.35. The standard InChI is InChI=1S/C14H17BrN2O2/c1-8-14(15)9(2)17(16-8)11-6-5-7-12(19-4)13(11)10(3)18/h5-7,10,18H,1-4H3/t10-/m1/s1. The number of aromatic nitrogens is 2. The molecule has 0 aliphatic carbocycles. The monoisotopic (exact) mass is 324 g/mol. The Balaban J connectivity index is 2.71. The number of halogens is 1. The molecule has 102 valence electrons. The predicted molar refractivity (Wildman–Crippen MR) is 77.9 cm³/mol. The Morgan fingerprint density at radius 2 is 2.05 bits per heavy atom. The SMILES string of the molecule is COc1cccc(-n2nc(C)c(Br)c2C)c1[C@@H](C)O. The number of methoxy groups -OCH3 is 1. The number of rotatable bonds is 3. The third-order valence-electron chi connectivity index (χ3n) is 3.11. The Labute approximate surface area is 121 Å². The molecule has 0 unspecified atom stereocenters. The second-order valence-electron chi connectivity index (χ2n) is 4.47. The lowest BCUT2D eigenvalue weighted by Crippen LogP contribution is -2.07. The van der Waals surface area contributed by atoms with Crippen LogP contribution in [0.25, 0.3) is 5.69 Å². The molecule has 0 saturated heterocycles. The van der Waals surface area contributed by atoms with Crippen LogP contribution in [-0.2, 0) is 0 Å². The molecule has 0 spiro atoms. The van der Waals surface area contributed by atoms with E-state index in [0.29, 0.717) is 5.75 Å². The van der Waals surface area contributed by atoms with Crippen molar-refractivity contribution in [2.45, 2.75) is 26.9 Å². The van der Waals surface area contributed by atoms with E-state index in [9.17, 15) is 5.11 Å². The van der Waals surface area contributed by atoms with Crippen molar-refractivity contribution in [2.75, 3.05) is 7.11 Å². The van der Waals surface area contributed by atoms with Crippen LogP contribution in [0.1, 0.15) is 30.0 Å². The highest BCUT2D eigenvalue weighted by Crippen LogP contribution is 2.33. The molecule has 0 bridgehead atoms. The van der Waals surface area contributed by atoms with Crippen molar-refractivity contribution in [1.29, 1.82) is 0 Å². The molecule has 5 heteroatoms. The number of ether oxygens (including phenoxy) is 1. The van der Waals surface area contributed by atoms with Crippen LogP contribution in [0.4, 0.5) is 0 Å². The average molecular weight is 325 g/mol. The number of hydrogen-bond donors (Lipinski definition) is 1. The van der Waals surface area contributed by atoms with E-state index in [1.54, 1.807) is 14.0 Å². The van der Waals surface area contributed by atoms with Gasteiger partial charge >= 0.3 is 0 Å². The summed E-state index contributed by atoms with van der Waals surface area (Å²) in [6.07, 6.45) is -0.631. The molecule has 2 rings (SSSR count). The maximum absolute atomic E-state index is 10.0. The van der Waals surface area contributed by atoms with Crippen molar-refractivity contribution < 1.29 is 9.84 Å². The first-order valence-corrected chi connectivity index (χ1v) is 6.83. The van der Waals surface area contributed by atoms with Crippen LogP contribution in [0.5, 0.6) is 5.75 Å². The van der Waals surface area contributed by atoms with Crippen molar-refractivity contribution >= 4 is 15.9 Å². The molecular weight excluding hydrogens is 308 g/mol. The lowest BCUT2D eigenvalue weighted by Gasteiger charge is -2.17. The highest BCUT2D eigenvalue weighted by Gasteiger charge is 2.19. The summed E-state index contributed by atoms with van der Waals surface area (Å²) in [4.78, 5) is 0. The normalized spacial score (nSPS) is 12.5. The van der Waals surface area contributed by atoms with Gasteiger partial charge in [0.2, 0.25) is 0 Å². The minimum atomic E-state index is -0.631. The maximum Gasteiger partial charge on any atom is 0.126 e. The van der Waals surface area contributed by atoms with Crippen molar-refractivity contribution in [3.05, 3.63) is 39.6 Å². The first-order valence-electron chi connectivity index (χ1n) is 6.04. The Hall–Kier alpha value is -1.33. The topological polar surface area (TPSA) is 47.3 Å². The molecule has 4 nitrogen and oxygen atoms in total. The summed E-state index contributed by atoms with van der Waals surface area (Å²) < 4.78 is 8.13. The molecular formula is C14H17BrN2O2. The largest absolute Gasteiger partial charge is 0.496 e. The van der Waals surface area contributed by atoms with Crippen LogP contribution >= 0.6 is 15.9 Å². The van der Waals surface area contributed by atoms with Crippen molar-refractivity contribution in [1.82, 2.24) is 9.78 Å². The van der Waals surface area contributed by atoms with Gasteiger partial charge in [0, 0.05) is 5.56 Å². The van der Waals surface area contributed by atoms with Gasteiger partial charge in [0.25, 0.3) is 0 Å². The van der Waals surface area contributed by atoms with Gasteiger partial charge in [-0.05, 0) is 48.8 Å². The molecule has 1 N–H and O–H groups in total. The minimum Gasteiger partial charge on any atom is -0.496 e. The summed E-state index contributed by atoms with van der Waals surface area (Å²) in [6, 6.07) is 5.66. The van der Waals surface area contributed by atoms with E-state index in [2.05, 4.69) is 21.0 Å². The summed E-state index contributed by atoms with van der Waals surface area (Å²) in [5.74, 6) is 0.663. The van der Waals surface area contributed by atoms with E-state index in [1.165, 1.54) is 0 Å². The Bertz CT molecular complexity index is 606. The van der Waals surface area contributed by atoms with Gasteiger partial charge in [-0.1, -0.05) is 6.07 Å². The third-order valence-corrected chi connectivity index (χ3v) is 4.26. The van der Waals surface area contributed by atoms with Crippen LogP contribution in [0, 0.1) is 13.8 Å². The maximum atomic E-state index is 10.0. The highest BCUT2D eigenvalue weighted by molar-refractivity contribution is 9.10. The minimum absolute atomic E-state index is 0.631. The highest BCUT2D eigenvalue weighted by atomic mass is 79.9. The first-order chi connectivity index (χ1) is 8.97. The molecule has 19 heavy (non-hydrogen) atoms. The van der Waals surface area contributed by atoms with Gasteiger partial charge in [0.1, 0.15) is 5.75 Å². The van der Waals surface area contributed by atoms with E-state index in [0.717, 1.165) is 27.1 Å². The fraction of sp³-hybridized carbons (Fsp3) is 0.357. The second-order valence-corrected chi connectivity index (χ2v) is 5.26. The van der Waals surface area contributed by atoms with E-state index < -0.39 is 6.10 Å². The summed E-state index contributed by atoms with van der Waals surface area (Å²) in [7, 11) is 1.60. The number of aliphatic hydroxyl groups excluding tert-OH is 1. The number of benzene rings is 1. The molecule has 0 saturated carbocycles. The Morgan fingerprint density at radius 1 is 1.37 bits per heavy atom. The zero-order valence-electron chi connectivity index (χ0n) is 11.4.